The van der Waals surface area contributed by atoms with E-state index in [4.69, 9.17) is 15.2 Å². The quantitative estimate of drug-likeness (QED) is 0.877. The summed E-state index contributed by atoms with van der Waals surface area (Å²) in [6.07, 6.45) is 0. The highest BCUT2D eigenvalue weighted by Crippen LogP contribution is 2.40. The summed E-state index contributed by atoms with van der Waals surface area (Å²) >= 11 is 0. The fraction of sp³-hybridized carbons (Fsp3) is 0.250. The van der Waals surface area contributed by atoms with E-state index in [1.54, 1.807) is 14.2 Å². The minimum absolute atomic E-state index is 0.117. The van der Waals surface area contributed by atoms with E-state index in [-0.39, 0.29) is 6.61 Å². The molecule has 0 aromatic heterocycles. The molecule has 0 aliphatic heterocycles. The molecule has 1 atom stereocenters. The first-order chi connectivity index (χ1) is 9.72. The lowest BCUT2D eigenvalue weighted by Gasteiger charge is -2.18. The zero-order valence-corrected chi connectivity index (χ0v) is 11.7. The van der Waals surface area contributed by atoms with Crippen LogP contribution in [-0.2, 0) is 0 Å². The summed E-state index contributed by atoms with van der Waals surface area (Å²) in [6.45, 7) is -0.117. The molecule has 106 valence electrons. The summed E-state index contributed by atoms with van der Waals surface area (Å²) in [4.78, 5) is 0. The zero-order chi connectivity index (χ0) is 14.5. The maximum absolute atomic E-state index is 9.33. The number of hydrogen-bond donors (Lipinski definition) is 2. The molecule has 0 amide bonds. The molecule has 20 heavy (non-hydrogen) atoms. The minimum Gasteiger partial charge on any atom is -0.496 e. The number of benzene rings is 2. The van der Waals surface area contributed by atoms with Gasteiger partial charge in [0, 0.05) is 0 Å². The van der Waals surface area contributed by atoms with Gasteiger partial charge in [-0.25, -0.2) is 0 Å². The molecular formula is C16H19NO3. The van der Waals surface area contributed by atoms with Crippen LogP contribution in [0.1, 0.15) is 11.6 Å². The van der Waals surface area contributed by atoms with Gasteiger partial charge in [-0.15, -0.1) is 0 Å². The predicted octanol–water partition coefficient (Wildman–Crippen LogP) is 2.36. The van der Waals surface area contributed by atoms with E-state index in [0.29, 0.717) is 11.5 Å². The number of nitrogens with two attached hydrogens (primary N) is 1. The smallest absolute Gasteiger partial charge is 0.130 e. The number of aliphatic hydroxyl groups excluding tert-OH is 1. The van der Waals surface area contributed by atoms with Gasteiger partial charge in [-0.2, -0.15) is 0 Å². The van der Waals surface area contributed by atoms with Gasteiger partial charge in [-0.3, -0.25) is 0 Å². The molecule has 0 saturated heterocycles. The lowest BCUT2D eigenvalue weighted by molar-refractivity contribution is 0.268. The minimum atomic E-state index is -0.444. The van der Waals surface area contributed by atoms with Crippen molar-refractivity contribution in [2.24, 2.45) is 5.73 Å². The van der Waals surface area contributed by atoms with Crippen LogP contribution in [0, 0.1) is 0 Å². The molecule has 0 bridgehead atoms. The number of ether oxygens (including phenoxy) is 2. The third-order valence-corrected chi connectivity index (χ3v) is 3.25. The second-order valence-corrected chi connectivity index (χ2v) is 4.41. The van der Waals surface area contributed by atoms with E-state index in [9.17, 15) is 5.11 Å². The van der Waals surface area contributed by atoms with E-state index in [1.807, 2.05) is 42.5 Å². The summed E-state index contributed by atoms with van der Waals surface area (Å²) < 4.78 is 10.9. The first-order valence-electron chi connectivity index (χ1n) is 6.39. The Labute approximate surface area is 118 Å². The molecule has 3 N–H and O–H groups in total. The first-order valence-corrected chi connectivity index (χ1v) is 6.39. The van der Waals surface area contributed by atoms with E-state index in [2.05, 4.69) is 0 Å². The Morgan fingerprint density at radius 3 is 2.15 bits per heavy atom. The zero-order valence-electron chi connectivity index (χ0n) is 11.7. The van der Waals surface area contributed by atoms with Crippen molar-refractivity contribution in [3.05, 3.63) is 48.0 Å². The molecular weight excluding hydrogens is 254 g/mol. The van der Waals surface area contributed by atoms with E-state index >= 15 is 0 Å². The Kier molecular flexibility index (Phi) is 4.61. The van der Waals surface area contributed by atoms with Gasteiger partial charge in [0.05, 0.1) is 32.4 Å². The van der Waals surface area contributed by atoms with Gasteiger partial charge in [-0.1, -0.05) is 30.3 Å². The van der Waals surface area contributed by atoms with Gasteiger partial charge in [-0.05, 0) is 23.3 Å². The number of rotatable bonds is 5. The van der Waals surface area contributed by atoms with Crippen molar-refractivity contribution in [2.45, 2.75) is 6.04 Å². The molecule has 4 heteroatoms. The van der Waals surface area contributed by atoms with Crippen LogP contribution in [-0.4, -0.2) is 25.9 Å². The number of aliphatic hydroxyl groups is 1. The van der Waals surface area contributed by atoms with Crippen LogP contribution in [0.3, 0.4) is 0 Å². The van der Waals surface area contributed by atoms with Gasteiger partial charge in [0.25, 0.3) is 0 Å². The molecule has 0 spiro atoms. The lowest BCUT2D eigenvalue weighted by atomic mass is 9.94. The van der Waals surface area contributed by atoms with E-state index in [0.717, 1.165) is 16.7 Å². The number of hydrogen-bond acceptors (Lipinski definition) is 4. The second kappa shape index (κ2) is 6.41. The maximum atomic E-state index is 9.33. The Hall–Kier alpha value is -2.04. The van der Waals surface area contributed by atoms with Crippen LogP contribution >= 0.6 is 0 Å². The molecule has 2 aromatic carbocycles. The van der Waals surface area contributed by atoms with Crippen molar-refractivity contribution in [2.75, 3.05) is 20.8 Å². The Balaban J connectivity index is 2.68. The predicted molar refractivity (Wildman–Crippen MR) is 79.0 cm³/mol. The average Bonchev–Trinajstić information content (AvgIpc) is 2.53. The Bertz CT molecular complexity index is 561. The standard InChI is InChI=1S/C16H19NO3/c1-19-14-8-5-9-15(20-2)16(14)12-7-4-3-6-11(12)13(17)10-18/h3-9,13,18H,10,17H2,1-2H3/t13-/m1/s1. The molecule has 0 aliphatic carbocycles. The van der Waals surface area contributed by atoms with Gasteiger partial charge in [0.15, 0.2) is 0 Å². The molecule has 0 fully saturated rings. The van der Waals surface area contributed by atoms with E-state index < -0.39 is 6.04 Å². The van der Waals surface area contributed by atoms with Gasteiger partial charge < -0.3 is 20.3 Å². The van der Waals surface area contributed by atoms with Gasteiger partial charge >= 0.3 is 0 Å². The molecule has 2 rings (SSSR count). The van der Waals surface area contributed by atoms with Crippen LogP contribution in [0.5, 0.6) is 11.5 Å². The summed E-state index contributed by atoms with van der Waals surface area (Å²) in [5.41, 5.74) is 8.59. The fourth-order valence-corrected chi connectivity index (χ4v) is 2.26. The highest BCUT2D eigenvalue weighted by Gasteiger charge is 2.18. The molecule has 0 heterocycles. The second-order valence-electron chi connectivity index (χ2n) is 4.41. The van der Waals surface area contributed by atoms with Gasteiger partial charge in [0.1, 0.15) is 11.5 Å². The fourth-order valence-electron chi connectivity index (χ4n) is 2.26. The van der Waals surface area contributed by atoms with Crippen molar-refractivity contribution in [3.8, 4) is 22.6 Å². The largest absolute Gasteiger partial charge is 0.496 e. The molecule has 0 saturated carbocycles. The van der Waals surface area contributed by atoms with Crippen molar-refractivity contribution in [1.29, 1.82) is 0 Å². The SMILES string of the molecule is COc1cccc(OC)c1-c1ccccc1[C@H](N)CO. The molecule has 2 aromatic rings. The number of methoxy groups -OCH3 is 2. The lowest BCUT2D eigenvalue weighted by Crippen LogP contribution is -2.15. The third-order valence-electron chi connectivity index (χ3n) is 3.25. The van der Waals surface area contributed by atoms with Crippen molar-refractivity contribution < 1.29 is 14.6 Å². The highest BCUT2D eigenvalue weighted by atomic mass is 16.5. The topological polar surface area (TPSA) is 64.7 Å². The Morgan fingerprint density at radius 1 is 1.00 bits per heavy atom. The summed E-state index contributed by atoms with van der Waals surface area (Å²) in [5, 5.41) is 9.33. The first kappa shape index (κ1) is 14.4. The summed E-state index contributed by atoms with van der Waals surface area (Å²) in [7, 11) is 3.24. The molecule has 0 radical (unpaired) electrons. The van der Waals surface area contributed by atoms with Crippen LogP contribution < -0.4 is 15.2 Å². The van der Waals surface area contributed by atoms with Crippen LogP contribution in [0.4, 0.5) is 0 Å². The van der Waals surface area contributed by atoms with Gasteiger partial charge in [0.2, 0.25) is 0 Å². The van der Waals surface area contributed by atoms with Crippen LogP contribution in [0.25, 0.3) is 11.1 Å². The summed E-state index contributed by atoms with van der Waals surface area (Å²) in [5.74, 6) is 1.42. The third kappa shape index (κ3) is 2.61. The maximum Gasteiger partial charge on any atom is 0.130 e. The summed E-state index contributed by atoms with van der Waals surface area (Å²) in [6, 6.07) is 12.9. The molecule has 0 aliphatic rings. The van der Waals surface area contributed by atoms with Crippen LogP contribution in [0.15, 0.2) is 42.5 Å². The average molecular weight is 273 g/mol. The molecule has 4 nitrogen and oxygen atoms in total. The molecule has 0 unspecified atom stereocenters. The van der Waals surface area contributed by atoms with Crippen molar-refractivity contribution >= 4 is 0 Å². The highest BCUT2D eigenvalue weighted by molar-refractivity contribution is 5.79. The van der Waals surface area contributed by atoms with E-state index in [1.165, 1.54) is 0 Å². The monoisotopic (exact) mass is 273 g/mol. The van der Waals surface area contributed by atoms with Crippen molar-refractivity contribution in [1.82, 2.24) is 0 Å². The normalized spacial score (nSPS) is 12.0. The van der Waals surface area contributed by atoms with Crippen LogP contribution in [0.2, 0.25) is 0 Å². The Morgan fingerprint density at radius 2 is 1.60 bits per heavy atom. The van der Waals surface area contributed by atoms with Crippen molar-refractivity contribution in [3.63, 3.8) is 0 Å².